The summed E-state index contributed by atoms with van der Waals surface area (Å²) in [5.74, 6) is 1.07. The number of nitrogens with one attached hydrogen (secondary N) is 1. The Morgan fingerprint density at radius 2 is 1.85 bits per heavy atom. The first-order valence-electron chi connectivity index (χ1n) is 9.06. The van der Waals surface area contributed by atoms with Crippen LogP contribution in [0, 0.1) is 0 Å². The molecule has 3 N–H and O–H groups in total. The van der Waals surface area contributed by atoms with Crippen molar-refractivity contribution in [3.05, 3.63) is 35.7 Å². The maximum absolute atomic E-state index is 5.97. The van der Waals surface area contributed by atoms with Gasteiger partial charge in [-0.25, -0.2) is 4.98 Å². The van der Waals surface area contributed by atoms with Crippen LogP contribution in [0.2, 0.25) is 0 Å². The van der Waals surface area contributed by atoms with Crippen molar-refractivity contribution in [2.45, 2.75) is 39.8 Å². The highest BCUT2D eigenvalue weighted by atomic mass is 32.1. The average molecular weight is 370 g/mol. The summed E-state index contributed by atoms with van der Waals surface area (Å²) in [4.78, 5) is 11.2. The molecule has 0 aliphatic heterocycles. The maximum Gasteiger partial charge on any atom is 0.222 e. The lowest BCUT2D eigenvalue weighted by atomic mass is 10.1. The second kappa shape index (κ2) is 8.01. The van der Waals surface area contributed by atoms with Gasteiger partial charge in [0.25, 0.3) is 0 Å². The number of fused-ring (bicyclic) bond motifs is 1. The van der Waals surface area contributed by atoms with Crippen LogP contribution in [-0.4, -0.2) is 40.0 Å². The van der Waals surface area contributed by atoms with Gasteiger partial charge in [0.1, 0.15) is 5.82 Å². The molecule has 0 aliphatic carbocycles. The van der Waals surface area contributed by atoms with Crippen LogP contribution in [0.3, 0.4) is 0 Å². The Morgan fingerprint density at radius 3 is 2.58 bits per heavy atom. The number of nitrogens with zero attached hydrogens (tertiary/aromatic N) is 3. The molecular weight excluding hydrogens is 342 g/mol. The van der Waals surface area contributed by atoms with Gasteiger partial charge in [0.2, 0.25) is 5.95 Å². The highest BCUT2D eigenvalue weighted by molar-refractivity contribution is 7.17. The molecule has 138 valence electrons. The summed E-state index contributed by atoms with van der Waals surface area (Å²) in [7, 11) is 0. The molecule has 26 heavy (non-hydrogen) atoms. The van der Waals surface area contributed by atoms with E-state index < -0.39 is 0 Å². The van der Waals surface area contributed by atoms with E-state index in [1.165, 1.54) is 10.1 Å². The van der Waals surface area contributed by atoms with Crippen LogP contribution in [-0.2, 0) is 0 Å². The Bertz CT molecular complexity index is 864. The first kappa shape index (κ1) is 18.6. The van der Waals surface area contributed by atoms with Crippen LogP contribution in [0.15, 0.2) is 35.7 Å². The van der Waals surface area contributed by atoms with Gasteiger partial charge < -0.3 is 11.1 Å². The average Bonchev–Trinajstić information content (AvgIpc) is 3.01. The molecule has 0 atom stereocenters. The van der Waals surface area contributed by atoms with Crippen molar-refractivity contribution in [3.63, 3.8) is 0 Å². The summed E-state index contributed by atoms with van der Waals surface area (Å²) in [6, 6.07) is 11.4. The Balaban J connectivity index is 1.78. The molecule has 0 radical (unpaired) electrons. The number of thiophene rings is 1. The van der Waals surface area contributed by atoms with Gasteiger partial charge >= 0.3 is 0 Å². The minimum Gasteiger partial charge on any atom is -0.369 e. The number of hydrogen-bond acceptors (Lipinski definition) is 6. The second-order valence-corrected chi connectivity index (χ2v) is 7.91. The number of nitrogens with two attached hydrogens (primary N) is 1. The van der Waals surface area contributed by atoms with Crippen molar-refractivity contribution in [3.8, 4) is 11.3 Å². The summed E-state index contributed by atoms with van der Waals surface area (Å²) < 4.78 is 1.25. The lowest BCUT2D eigenvalue weighted by molar-refractivity contribution is 0.182. The monoisotopic (exact) mass is 369 g/mol. The van der Waals surface area contributed by atoms with Gasteiger partial charge in [0.15, 0.2) is 0 Å². The van der Waals surface area contributed by atoms with Gasteiger partial charge in [-0.05, 0) is 33.8 Å². The van der Waals surface area contributed by atoms with E-state index in [-0.39, 0.29) is 0 Å². The van der Waals surface area contributed by atoms with Crippen LogP contribution in [0.5, 0.6) is 0 Å². The zero-order valence-electron chi connectivity index (χ0n) is 15.9. The Hall–Kier alpha value is -2.18. The molecule has 6 heteroatoms. The first-order valence-corrected chi connectivity index (χ1v) is 9.94. The highest BCUT2D eigenvalue weighted by Gasteiger charge is 2.13. The van der Waals surface area contributed by atoms with Crippen LogP contribution < -0.4 is 11.1 Å². The van der Waals surface area contributed by atoms with Gasteiger partial charge in [-0.3, -0.25) is 4.90 Å². The lowest BCUT2D eigenvalue weighted by Crippen LogP contribution is -2.40. The Kier molecular flexibility index (Phi) is 5.74. The number of nitrogen functional groups attached to an aromatic ring is 1. The molecule has 0 saturated carbocycles. The second-order valence-electron chi connectivity index (χ2n) is 6.99. The third kappa shape index (κ3) is 4.14. The third-order valence-electron chi connectivity index (χ3n) is 4.50. The van der Waals surface area contributed by atoms with Crippen molar-refractivity contribution in [1.29, 1.82) is 0 Å². The largest absolute Gasteiger partial charge is 0.369 e. The van der Waals surface area contributed by atoms with Gasteiger partial charge in [-0.15, -0.1) is 11.3 Å². The molecule has 2 aromatic heterocycles. The fourth-order valence-corrected chi connectivity index (χ4v) is 4.25. The summed E-state index contributed by atoms with van der Waals surface area (Å²) >= 11 is 1.72. The van der Waals surface area contributed by atoms with E-state index in [0.717, 1.165) is 30.2 Å². The number of aromatic nitrogens is 2. The predicted molar refractivity (Wildman–Crippen MR) is 113 cm³/mol. The summed E-state index contributed by atoms with van der Waals surface area (Å²) in [6.07, 6.45) is 0. The number of anilines is 2. The zero-order valence-corrected chi connectivity index (χ0v) is 16.7. The maximum atomic E-state index is 5.97. The SMILES string of the molecule is CC(C)N(CCNc1cc(-c2csc3ccccc23)nc(N)n1)C(C)C. The molecule has 0 fully saturated rings. The molecule has 0 bridgehead atoms. The molecule has 0 spiro atoms. The van der Waals surface area contributed by atoms with Gasteiger partial charge in [0, 0.05) is 52.3 Å². The molecular formula is C20H27N5S. The van der Waals surface area contributed by atoms with Crippen LogP contribution in [0.1, 0.15) is 27.7 Å². The van der Waals surface area contributed by atoms with Crippen molar-refractivity contribution in [2.24, 2.45) is 0 Å². The fourth-order valence-electron chi connectivity index (χ4n) is 3.30. The van der Waals surface area contributed by atoms with Crippen molar-refractivity contribution in [2.75, 3.05) is 24.1 Å². The zero-order chi connectivity index (χ0) is 18.7. The van der Waals surface area contributed by atoms with E-state index in [0.29, 0.717) is 18.0 Å². The third-order valence-corrected chi connectivity index (χ3v) is 5.47. The smallest absolute Gasteiger partial charge is 0.222 e. The summed E-state index contributed by atoms with van der Waals surface area (Å²) in [5.41, 5.74) is 7.94. The molecule has 2 heterocycles. The number of benzene rings is 1. The van der Waals surface area contributed by atoms with Gasteiger partial charge in [-0.1, -0.05) is 18.2 Å². The topological polar surface area (TPSA) is 67.1 Å². The van der Waals surface area contributed by atoms with E-state index >= 15 is 0 Å². The number of rotatable bonds is 7. The van der Waals surface area contributed by atoms with Crippen molar-refractivity contribution < 1.29 is 0 Å². The van der Waals surface area contributed by atoms with Gasteiger partial charge in [0.05, 0.1) is 5.69 Å². The molecule has 0 aliphatic rings. The van der Waals surface area contributed by atoms with E-state index in [4.69, 9.17) is 5.73 Å². The predicted octanol–water partition coefficient (Wildman–Crippen LogP) is 4.47. The van der Waals surface area contributed by atoms with Crippen molar-refractivity contribution >= 4 is 33.2 Å². The standard InChI is InChI=1S/C20H27N5S/c1-13(2)25(14(3)4)10-9-22-19-11-17(23-20(21)24-19)16-12-26-18-8-6-5-7-15(16)18/h5-8,11-14H,9-10H2,1-4H3,(H3,21,22,23,24). The summed E-state index contributed by atoms with van der Waals surface area (Å²) in [5, 5.41) is 6.74. The van der Waals surface area contributed by atoms with E-state index in [9.17, 15) is 0 Å². The summed E-state index contributed by atoms with van der Waals surface area (Å²) in [6.45, 7) is 10.7. The fraction of sp³-hybridized carbons (Fsp3) is 0.400. The first-order chi connectivity index (χ1) is 12.5. The van der Waals surface area contributed by atoms with Gasteiger partial charge in [-0.2, -0.15) is 4.98 Å². The van der Waals surface area contributed by atoms with E-state index in [1.807, 2.05) is 6.07 Å². The molecule has 5 nitrogen and oxygen atoms in total. The molecule has 1 aromatic carbocycles. The number of hydrogen-bond donors (Lipinski definition) is 2. The molecule has 3 aromatic rings. The van der Waals surface area contributed by atoms with Crippen LogP contribution in [0.4, 0.5) is 11.8 Å². The lowest BCUT2D eigenvalue weighted by Gasteiger charge is -2.30. The molecule has 0 unspecified atom stereocenters. The van der Waals surface area contributed by atoms with Crippen LogP contribution >= 0.6 is 11.3 Å². The van der Waals surface area contributed by atoms with Crippen molar-refractivity contribution in [1.82, 2.24) is 14.9 Å². The molecule has 3 rings (SSSR count). The minimum absolute atomic E-state index is 0.296. The Morgan fingerprint density at radius 1 is 1.12 bits per heavy atom. The van der Waals surface area contributed by atoms with E-state index in [2.05, 4.69) is 77.5 Å². The molecule has 0 saturated heterocycles. The van der Waals surface area contributed by atoms with E-state index in [1.54, 1.807) is 11.3 Å². The minimum atomic E-state index is 0.296. The normalized spacial score (nSPS) is 11.8. The van der Waals surface area contributed by atoms with Crippen LogP contribution in [0.25, 0.3) is 21.3 Å². The Labute approximate surface area is 159 Å². The quantitative estimate of drug-likeness (QED) is 0.643. The molecule has 0 amide bonds. The highest BCUT2D eigenvalue weighted by Crippen LogP contribution is 2.33.